The zero-order valence-corrected chi connectivity index (χ0v) is 7.83. The molecule has 3 nitrogen and oxygen atoms in total. The topological polar surface area (TPSA) is 58.9 Å². The molecule has 0 bridgehead atoms. The molecule has 0 fully saturated rings. The Hall–Kier alpha value is -2.10. The fourth-order valence-electron chi connectivity index (χ4n) is 1.38. The predicted molar refractivity (Wildman–Crippen MR) is 56.9 cm³/mol. The highest BCUT2D eigenvalue weighted by atomic mass is 19.1. The molecule has 1 aromatic carbocycles. The first-order valence-corrected chi connectivity index (χ1v) is 4.41. The first kappa shape index (κ1) is 9.45. The van der Waals surface area contributed by atoms with Gasteiger partial charge in [-0.15, -0.1) is 0 Å². The Morgan fingerprint density at radius 3 is 2.67 bits per heavy atom. The molecule has 0 atom stereocenters. The number of aromatic amines is 1. The minimum Gasteiger partial charge on any atom is -0.399 e. The molecule has 0 saturated heterocycles. The summed E-state index contributed by atoms with van der Waals surface area (Å²) < 4.78 is 13.5. The van der Waals surface area contributed by atoms with Crippen molar-refractivity contribution >= 4 is 5.69 Å². The van der Waals surface area contributed by atoms with Crippen LogP contribution in [0.1, 0.15) is 0 Å². The molecule has 0 spiro atoms. The van der Waals surface area contributed by atoms with Crippen LogP contribution in [-0.2, 0) is 0 Å². The normalized spacial score (nSPS) is 10.2. The second-order valence-corrected chi connectivity index (χ2v) is 3.18. The second kappa shape index (κ2) is 3.57. The number of halogens is 1. The van der Waals surface area contributed by atoms with E-state index in [1.54, 1.807) is 18.2 Å². The zero-order valence-electron chi connectivity index (χ0n) is 7.83. The summed E-state index contributed by atoms with van der Waals surface area (Å²) >= 11 is 0. The third-order valence-corrected chi connectivity index (χ3v) is 2.08. The molecule has 0 saturated carbocycles. The van der Waals surface area contributed by atoms with Gasteiger partial charge in [-0.2, -0.15) is 0 Å². The molecule has 0 aliphatic carbocycles. The number of pyridine rings is 1. The molecule has 0 aliphatic heterocycles. The second-order valence-electron chi connectivity index (χ2n) is 3.18. The molecule has 0 aliphatic rings. The maximum atomic E-state index is 13.5. The van der Waals surface area contributed by atoms with Crippen LogP contribution in [0.25, 0.3) is 11.1 Å². The van der Waals surface area contributed by atoms with Crippen molar-refractivity contribution in [1.29, 1.82) is 0 Å². The van der Waals surface area contributed by atoms with E-state index >= 15 is 0 Å². The molecule has 3 N–H and O–H groups in total. The molecule has 76 valence electrons. The van der Waals surface area contributed by atoms with Crippen LogP contribution in [0, 0.1) is 5.82 Å². The van der Waals surface area contributed by atoms with Gasteiger partial charge in [0.05, 0.1) is 0 Å². The van der Waals surface area contributed by atoms with E-state index in [1.165, 1.54) is 18.3 Å². The lowest BCUT2D eigenvalue weighted by Gasteiger charge is -2.03. The molecule has 1 aromatic heterocycles. The van der Waals surface area contributed by atoms with Gasteiger partial charge in [0, 0.05) is 23.5 Å². The Balaban J connectivity index is 2.59. The van der Waals surface area contributed by atoms with Crippen molar-refractivity contribution in [2.45, 2.75) is 0 Å². The van der Waals surface area contributed by atoms with Gasteiger partial charge in [-0.3, -0.25) is 4.79 Å². The Morgan fingerprint density at radius 1 is 1.20 bits per heavy atom. The number of benzene rings is 1. The third kappa shape index (κ3) is 1.88. The van der Waals surface area contributed by atoms with Crippen LogP contribution < -0.4 is 11.3 Å². The van der Waals surface area contributed by atoms with Gasteiger partial charge in [0.1, 0.15) is 5.82 Å². The van der Waals surface area contributed by atoms with Gasteiger partial charge in [-0.25, -0.2) is 4.39 Å². The molecule has 4 heteroatoms. The van der Waals surface area contributed by atoms with E-state index in [9.17, 15) is 9.18 Å². The first-order valence-electron chi connectivity index (χ1n) is 4.41. The van der Waals surface area contributed by atoms with E-state index in [0.29, 0.717) is 16.8 Å². The zero-order chi connectivity index (χ0) is 10.8. The fraction of sp³-hybridized carbons (Fsp3) is 0. The average Bonchev–Trinajstić information content (AvgIpc) is 2.17. The Kier molecular flexibility index (Phi) is 2.25. The lowest BCUT2D eigenvalue weighted by atomic mass is 10.1. The van der Waals surface area contributed by atoms with E-state index in [2.05, 4.69) is 4.98 Å². The number of aromatic nitrogens is 1. The highest BCUT2D eigenvalue weighted by Gasteiger charge is 2.05. The molecule has 15 heavy (non-hydrogen) atoms. The largest absolute Gasteiger partial charge is 0.399 e. The van der Waals surface area contributed by atoms with E-state index in [1.807, 2.05) is 0 Å². The van der Waals surface area contributed by atoms with Gasteiger partial charge in [0.15, 0.2) is 0 Å². The number of nitrogens with two attached hydrogens (primary N) is 1. The molecule has 2 rings (SSSR count). The summed E-state index contributed by atoms with van der Waals surface area (Å²) in [5.41, 5.74) is 6.44. The molecular weight excluding hydrogens is 195 g/mol. The smallest absolute Gasteiger partial charge is 0.248 e. The maximum absolute atomic E-state index is 13.5. The summed E-state index contributed by atoms with van der Waals surface area (Å²) in [6.45, 7) is 0. The molecular formula is C11H9FN2O. The molecule has 2 aromatic rings. The van der Waals surface area contributed by atoms with Crippen molar-refractivity contribution in [1.82, 2.24) is 4.98 Å². The lowest BCUT2D eigenvalue weighted by molar-refractivity contribution is 0.632. The summed E-state index contributed by atoms with van der Waals surface area (Å²) in [5.74, 6) is -0.430. The SMILES string of the molecule is Nc1ccc(-c2cc[nH]c(=O)c2)c(F)c1. The van der Waals surface area contributed by atoms with Crippen LogP contribution in [0.15, 0.2) is 41.3 Å². The Labute approximate surface area is 85.4 Å². The number of nitrogens with one attached hydrogen (secondary N) is 1. The number of H-pyrrole nitrogens is 1. The van der Waals surface area contributed by atoms with Crippen LogP contribution >= 0.6 is 0 Å². The van der Waals surface area contributed by atoms with Gasteiger partial charge < -0.3 is 10.7 Å². The van der Waals surface area contributed by atoms with E-state index < -0.39 is 5.82 Å². The number of hydrogen-bond acceptors (Lipinski definition) is 2. The van der Waals surface area contributed by atoms with Crippen molar-refractivity contribution in [3.63, 3.8) is 0 Å². The molecule has 0 unspecified atom stereocenters. The minimum absolute atomic E-state index is 0.260. The van der Waals surface area contributed by atoms with Crippen molar-refractivity contribution in [2.75, 3.05) is 5.73 Å². The predicted octanol–water partition coefficient (Wildman–Crippen LogP) is 1.76. The minimum atomic E-state index is -0.430. The molecule has 0 radical (unpaired) electrons. The Morgan fingerprint density at radius 2 is 2.00 bits per heavy atom. The van der Waals surface area contributed by atoms with E-state index in [-0.39, 0.29) is 5.56 Å². The standard InChI is InChI=1S/C11H9FN2O/c12-10-6-8(13)1-2-9(10)7-3-4-14-11(15)5-7/h1-6H,13H2,(H,14,15). The van der Waals surface area contributed by atoms with Crippen molar-refractivity contribution in [3.05, 3.63) is 52.7 Å². The highest BCUT2D eigenvalue weighted by Crippen LogP contribution is 2.22. The highest BCUT2D eigenvalue weighted by molar-refractivity contribution is 5.65. The van der Waals surface area contributed by atoms with Crippen molar-refractivity contribution < 1.29 is 4.39 Å². The van der Waals surface area contributed by atoms with Gasteiger partial charge in [-0.1, -0.05) is 0 Å². The number of nitrogen functional groups attached to an aromatic ring is 1. The molecule has 0 amide bonds. The van der Waals surface area contributed by atoms with Crippen LogP contribution in [-0.4, -0.2) is 4.98 Å². The van der Waals surface area contributed by atoms with E-state index in [4.69, 9.17) is 5.73 Å². The van der Waals surface area contributed by atoms with Crippen LogP contribution in [0.2, 0.25) is 0 Å². The summed E-state index contributed by atoms with van der Waals surface area (Å²) in [6, 6.07) is 7.36. The monoisotopic (exact) mass is 204 g/mol. The van der Waals surface area contributed by atoms with Crippen LogP contribution in [0.3, 0.4) is 0 Å². The summed E-state index contributed by atoms with van der Waals surface area (Å²) in [4.78, 5) is 13.5. The number of hydrogen-bond donors (Lipinski definition) is 2. The van der Waals surface area contributed by atoms with Gasteiger partial charge >= 0.3 is 0 Å². The Bertz CT molecular complexity index is 548. The molecule has 1 heterocycles. The van der Waals surface area contributed by atoms with E-state index in [0.717, 1.165) is 0 Å². The third-order valence-electron chi connectivity index (χ3n) is 2.08. The lowest BCUT2D eigenvalue weighted by Crippen LogP contribution is -2.02. The fourth-order valence-corrected chi connectivity index (χ4v) is 1.38. The van der Waals surface area contributed by atoms with Crippen LogP contribution in [0.5, 0.6) is 0 Å². The number of rotatable bonds is 1. The average molecular weight is 204 g/mol. The summed E-state index contributed by atoms with van der Waals surface area (Å²) in [6.07, 6.45) is 1.48. The summed E-state index contributed by atoms with van der Waals surface area (Å²) in [7, 11) is 0. The maximum Gasteiger partial charge on any atom is 0.248 e. The van der Waals surface area contributed by atoms with Crippen molar-refractivity contribution in [3.8, 4) is 11.1 Å². The van der Waals surface area contributed by atoms with Crippen molar-refractivity contribution in [2.24, 2.45) is 0 Å². The van der Waals surface area contributed by atoms with Crippen LogP contribution in [0.4, 0.5) is 10.1 Å². The van der Waals surface area contributed by atoms with Gasteiger partial charge in [0.25, 0.3) is 0 Å². The van der Waals surface area contributed by atoms with Gasteiger partial charge in [-0.05, 0) is 29.8 Å². The van der Waals surface area contributed by atoms with Gasteiger partial charge in [0.2, 0.25) is 5.56 Å². The number of anilines is 1. The first-order chi connectivity index (χ1) is 7.16. The summed E-state index contributed by atoms with van der Waals surface area (Å²) in [5, 5.41) is 0. The quantitative estimate of drug-likeness (QED) is 0.695.